The Labute approximate surface area is 164 Å². The van der Waals surface area contributed by atoms with Crippen LogP contribution in [0, 0.1) is 0 Å². The van der Waals surface area contributed by atoms with Crippen molar-refractivity contribution >= 4 is 5.96 Å². The average Bonchev–Trinajstić information content (AvgIpc) is 2.75. The largest absolute Gasteiger partial charge is 0.497 e. The zero-order chi connectivity index (χ0) is 20.5. The zero-order valence-electron chi connectivity index (χ0n) is 16.6. The fraction of sp³-hybridized carbons (Fsp3) is 0.350. The zero-order valence-corrected chi connectivity index (χ0v) is 16.6. The molecule has 28 heavy (non-hydrogen) atoms. The molecule has 2 aromatic carbocycles. The summed E-state index contributed by atoms with van der Waals surface area (Å²) in [5, 5.41) is 13.4. The number of guanidine groups is 1. The second-order valence-electron chi connectivity index (χ2n) is 5.90. The SMILES string of the molecule is COc1ccc(OC)c(C(O)CNC(N)=NCc2ccc(OC)c(OC)c2)c1. The molecule has 1 unspecified atom stereocenters. The molecule has 0 bridgehead atoms. The van der Waals surface area contributed by atoms with Crippen molar-refractivity contribution in [1.82, 2.24) is 5.32 Å². The first-order valence-electron chi connectivity index (χ1n) is 8.67. The summed E-state index contributed by atoms with van der Waals surface area (Å²) in [6.45, 7) is 0.530. The van der Waals surface area contributed by atoms with E-state index in [-0.39, 0.29) is 12.5 Å². The predicted octanol–water partition coefficient (Wildman–Crippen LogP) is 1.86. The van der Waals surface area contributed by atoms with E-state index in [9.17, 15) is 5.11 Å². The molecule has 0 aromatic heterocycles. The van der Waals surface area contributed by atoms with Crippen molar-refractivity contribution in [3.63, 3.8) is 0 Å². The van der Waals surface area contributed by atoms with Crippen molar-refractivity contribution in [1.29, 1.82) is 0 Å². The van der Waals surface area contributed by atoms with E-state index >= 15 is 0 Å². The smallest absolute Gasteiger partial charge is 0.189 e. The molecule has 0 spiro atoms. The summed E-state index contributed by atoms with van der Waals surface area (Å²) >= 11 is 0. The Morgan fingerprint density at radius 3 is 2.29 bits per heavy atom. The molecule has 152 valence electrons. The van der Waals surface area contributed by atoms with Gasteiger partial charge in [0.2, 0.25) is 0 Å². The molecule has 2 rings (SSSR count). The van der Waals surface area contributed by atoms with Crippen molar-refractivity contribution in [2.75, 3.05) is 35.0 Å². The Morgan fingerprint density at radius 2 is 1.64 bits per heavy atom. The van der Waals surface area contributed by atoms with Crippen LogP contribution < -0.4 is 30.0 Å². The number of benzene rings is 2. The molecule has 8 heteroatoms. The quantitative estimate of drug-likeness (QED) is 0.444. The van der Waals surface area contributed by atoms with E-state index in [1.165, 1.54) is 0 Å². The van der Waals surface area contributed by atoms with Crippen molar-refractivity contribution < 1.29 is 24.1 Å². The number of ether oxygens (including phenoxy) is 4. The number of methoxy groups -OCH3 is 4. The maximum absolute atomic E-state index is 10.5. The van der Waals surface area contributed by atoms with E-state index in [0.717, 1.165) is 5.56 Å². The van der Waals surface area contributed by atoms with Crippen LogP contribution in [0.3, 0.4) is 0 Å². The molecule has 0 aliphatic carbocycles. The summed E-state index contributed by atoms with van der Waals surface area (Å²) in [5.41, 5.74) is 7.43. The third-order valence-corrected chi connectivity index (χ3v) is 4.15. The molecule has 2 aromatic rings. The number of nitrogens with one attached hydrogen (secondary N) is 1. The number of aliphatic hydroxyl groups is 1. The van der Waals surface area contributed by atoms with Gasteiger partial charge < -0.3 is 35.1 Å². The average molecular weight is 389 g/mol. The summed E-state index contributed by atoms with van der Waals surface area (Å²) in [4.78, 5) is 4.29. The normalized spacial score (nSPS) is 12.2. The third kappa shape index (κ3) is 5.43. The predicted molar refractivity (Wildman–Crippen MR) is 107 cm³/mol. The van der Waals surface area contributed by atoms with E-state index in [2.05, 4.69) is 10.3 Å². The molecule has 0 fully saturated rings. The Bertz CT molecular complexity index is 810. The maximum Gasteiger partial charge on any atom is 0.189 e. The minimum absolute atomic E-state index is 0.171. The number of aliphatic hydroxyl groups excluding tert-OH is 1. The van der Waals surface area contributed by atoms with Crippen LogP contribution in [-0.2, 0) is 6.54 Å². The molecule has 0 saturated carbocycles. The molecule has 8 nitrogen and oxygen atoms in total. The van der Waals surface area contributed by atoms with Gasteiger partial charge in [0.15, 0.2) is 17.5 Å². The highest BCUT2D eigenvalue weighted by Gasteiger charge is 2.15. The first-order valence-corrected chi connectivity index (χ1v) is 8.67. The van der Waals surface area contributed by atoms with Crippen LogP contribution in [0.5, 0.6) is 23.0 Å². The monoisotopic (exact) mass is 389 g/mol. The van der Waals surface area contributed by atoms with E-state index in [4.69, 9.17) is 24.7 Å². The Morgan fingerprint density at radius 1 is 0.964 bits per heavy atom. The molecule has 4 N–H and O–H groups in total. The van der Waals surface area contributed by atoms with Crippen LogP contribution in [0.15, 0.2) is 41.4 Å². The van der Waals surface area contributed by atoms with Crippen LogP contribution >= 0.6 is 0 Å². The molecular weight excluding hydrogens is 362 g/mol. The Hall–Kier alpha value is -3.13. The van der Waals surface area contributed by atoms with Crippen molar-refractivity contribution in [3.05, 3.63) is 47.5 Å². The fourth-order valence-corrected chi connectivity index (χ4v) is 2.62. The number of hydrogen-bond acceptors (Lipinski definition) is 6. The summed E-state index contributed by atoms with van der Waals surface area (Å²) < 4.78 is 21.0. The molecule has 1 atom stereocenters. The second kappa shape index (κ2) is 10.3. The van der Waals surface area contributed by atoms with E-state index in [1.807, 2.05) is 18.2 Å². The van der Waals surface area contributed by atoms with Crippen LogP contribution in [0.2, 0.25) is 0 Å². The molecule has 0 aliphatic heterocycles. The van der Waals surface area contributed by atoms with E-state index in [0.29, 0.717) is 35.1 Å². The number of hydrogen-bond donors (Lipinski definition) is 3. The van der Waals surface area contributed by atoms with Gasteiger partial charge in [0.25, 0.3) is 0 Å². The topological polar surface area (TPSA) is 108 Å². The highest BCUT2D eigenvalue weighted by Crippen LogP contribution is 2.29. The molecule has 0 saturated heterocycles. The summed E-state index contributed by atoms with van der Waals surface area (Å²) in [6.07, 6.45) is -0.847. The van der Waals surface area contributed by atoms with Gasteiger partial charge in [0, 0.05) is 12.1 Å². The highest BCUT2D eigenvalue weighted by molar-refractivity contribution is 5.77. The van der Waals surface area contributed by atoms with Crippen LogP contribution in [0.4, 0.5) is 0 Å². The summed E-state index contributed by atoms with van der Waals surface area (Å²) in [6, 6.07) is 10.8. The minimum Gasteiger partial charge on any atom is -0.497 e. The molecule has 0 heterocycles. The molecule has 0 amide bonds. The maximum atomic E-state index is 10.5. The van der Waals surface area contributed by atoms with Crippen LogP contribution in [-0.4, -0.2) is 46.1 Å². The number of aliphatic imine (C=N–C) groups is 1. The van der Waals surface area contributed by atoms with Gasteiger partial charge in [0.05, 0.1) is 41.1 Å². The highest BCUT2D eigenvalue weighted by atomic mass is 16.5. The minimum atomic E-state index is -0.847. The molecule has 0 radical (unpaired) electrons. The number of rotatable bonds is 9. The van der Waals surface area contributed by atoms with Gasteiger partial charge in [0.1, 0.15) is 11.5 Å². The van der Waals surface area contributed by atoms with E-state index < -0.39 is 6.10 Å². The lowest BCUT2D eigenvalue weighted by molar-refractivity contribution is 0.176. The van der Waals surface area contributed by atoms with Gasteiger partial charge in [-0.05, 0) is 35.9 Å². The van der Waals surface area contributed by atoms with Gasteiger partial charge in [-0.25, -0.2) is 4.99 Å². The fourth-order valence-electron chi connectivity index (χ4n) is 2.62. The second-order valence-corrected chi connectivity index (χ2v) is 5.90. The van der Waals surface area contributed by atoms with Gasteiger partial charge in [-0.2, -0.15) is 0 Å². The first-order chi connectivity index (χ1) is 13.5. The van der Waals surface area contributed by atoms with Gasteiger partial charge in [-0.1, -0.05) is 6.07 Å². The lowest BCUT2D eigenvalue weighted by atomic mass is 10.1. The van der Waals surface area contributed by atoms with Crippen LogP contribution in [0.1, 0.15) is 17.2 Å². The van der Waals surface area contributed by atoms with Crippen LogP contribution in [0.25, 0.3) is 0 Å². The van der Waals surface area contributed by atoms with Crippen molar-refractivity contribution in [3.8, 4) is 23.0 Å². The Balaban J connectivity index is 1.99. The number of nitrogens with zero attached hydrogens (tertiary/aromatic N) is 1. The van der Waals surface area contributed by atoms with Gasteiger partial charge >= 0.3 is 0 Å². The first kappa shape index (κ1) is 21.2. The molecule has 0 aliphatic rings. The molecular formula is C20H27N3O5. The summed E-state index contributed by atoms with van der Waals surface area (Å²) in [7, 11) is 6.27. The van der Waals surface area contributed by atoms with Gasteiger partial charge in [-0.3, -0.25) is 0 Å². The lowest BCUT2D eigenvalue weighted by Gasteiger charge is -2.17. The van der Waals surface area contributed by atoms with Gasteiger partial charge in [-0.15, -0.1) is 0 Å². The van der Waals surface area contributed by atoms with Crippen molar-refractivity contribution in [2.24, 2.45) is 10.7 Å². The summed E-state index contributed by atoms with van der Waals surface area (Å²) in [5.74, 6) is 2.69. The van der Waals surface area contributed by atoms with E-state index in [1.54, 1.807) is 46.6 Å². The van der Waals surface area contributed by atoms with Crippen molar-refractivity contribution in [2.45, 2.75) is 12.6 Å². The standard InChI is InChI=1S/C20H27N3O5/c1-25-14-6-8-17(26-2)15(10-14)16(24)12-23-20(21)22-11-13-5-7-18(27-3)19(9-13)28-4/h5-10,16,24H,11-12H2,1-4H3,(H3,21,22,23). The Kier molecular flexibility index (Phi) is 7.76. The third-order valence-electron chi connectivity index (χ3n) is 4.15. The lowest BCUT2D eigenvalue weighted by Crippen LogP contribution is -2.35. The number of nitrogens with two attached hydrogens (primary N) is 1.